The standard InChI is InChI=1S/C11H13N5O3/c1-19-8-3-2-7(12)4-6(8)5-13-9-10(17)14-11(18)16-15-9/h2-4H,5,12H2,1H3,(H,13,15)(H2,14,16,17,18). The number of ether oxygens (including phenoxy) is 1. The van der Waals surface area contributed by atoms with Gasteiger partial charge in [-0.25, -0.2) is 9.89 Å². The fraction of sp³-hybridized carbons (Fsp3) is 0.182. The molecule has 8 nitrogen and oxygen atoms in total. The number of H-pyrrole nitrogens is 2. The highest BCUT2D eigenvalue weighted by atomic mass is 16.5. The van der Waals surface area contributed by atoms with Gasteiger partial charge in [0.25, 0.3) is 5.56 Å². The van der Waals surface area contributed by atoms with Gasteiger partial charge in [0, 0.05) is 17.8 Å². The Morgan fingerprint density at radius 2 is 2.21 bits per heavy atom. The Hall–Kier alpha value is -2.77. The minimum Gasteiger partial charge on any atom is -0.496 e. The van der Waals surface area contributed by atoms with E-state index in [1.165, 1.54) is 0 Å². The lowest BCUT2D eigenvalue weighted by molar-refractivity contribution is 0.410. The second-order valence-corrected chi connectivity index (χ2v) is 3.78. The first-order chi connectivity index (χ1) is 9.10. The third-order valence-electron chi connectivity index (χ3n) is 2.46. The zero-order valence-electron chi connectivity index (χ0n) is 10.2. The Kier molecular flexibility index (Phi) is 3.51. The van der Waals surface area contributed by atoms with Crippen LogP contribution in [-0.2, 0) is 6.54 Å². The number of aromatic amines is 2. The van der Waals surface area contributed by atoms with Crippen molar-refractivity contribution in [3.8, 4) is 5.75 Å². The van der Waals surface area contributed by atoms with Crippen LogP contribution in [-0.4, -0.2) is 22.3 Å². The molecule has 8 heteroatoms. The van der Waals surface area contributed by atoms with Gasteiger partial charge in [-0.3, -0.25) is 9.78 Å². The summed E-state index contributed by atoms with van der Waals surface area (Å²) in [6, 6.07) is 5.18. The van der Waals surface area contributed by atoms with Crippen molar-refractivity contribution in [1.82, 2.24) is 15.2 Å². The van der Waals surface area contributed by atoms with E-state index in [0.29, 0.717) is 11.4 Å². The molecule has 0 unspecified atom stereocenters. The molecule has 0 amide bonds. The second kappa shape index (κ2) is 5.25. The maximum absolute atomic E-state index is 11.4. The summed E-state index contributed by atoms with van der Waals surface area (Å²) in [5, 5.41) is 8.54. The van der Waals surface area contributed by atoms with Gasteiger partial charge in [-0.05, 0) is 18.2 Å². The molecule has 1 aromatic carbocycles. The molecule has 0 bridgehead atoms. The lowest BCUT2D eigenvalue weighted by atomic mass is 10.2. The van der Waals surface area contributed by atoms with Gasteiger partial charge in [-0.15, -0.1) is 5.10 Å². The number of rotatable bonds is 4. The van der Waals surface area contributed by atoms with E-state index < -0.39 is 11.2 Å². The van der Waals surface area contributed by atoms with Crippen molar-refractivity contribution < 1.29 is 4.74 Å². The van der Waals surface area contributed by atoms with Gasteiger partial charge in [-0.2, -0.15) is 0 Å². The summed E-state index contributed by atoms with van der Waals surface area (Å²) in [4.78, 5) is 24.3. The van der Waals surface area contributed by atoms with Crippen LogP contribution >= 0.6 is 0 Å². The smallest absolute Gasteiger partial charge is 0.342 e. The van der Waals surface area contributed by atoms with E-state index in [2.05, 4.69) is 20.5 Å². The summed E-state index contributed by atoms with van der Waals surface area (Å²) >= 11 is 0. The molecule has 0 aliphatic heterocycles. The van der Waals surface area contributed by atoms with Gasteiger partial charge in [0.15, 0.2) is 0 Å². The van der Waals surface area contributed by atoms with E-state index in [-0.39, 0.29) is 12.4 Å². The number of anilines is 2. The highest BCUT2D eigenvalue weighted by Gasteiger charge is 2.06. The van der Waals surface area contributed by atoms with Crippen LogP contribution in [0.4, 0.5) is 11.5 Å². The van der Waals surface area contributed by atoms with Crippen molar-refractivity contribution in [1.29, 1.82) is 0 Å². The molecule has 19 heavy (non-hydrogen) atoms. The number of nitrogen functional groups attached to an aromatic ring is 1. The number of benzene rings is 1. The number of nitrogens with one attached hydrogen (secondary N) is 3. The number of nitrogens with zero attached hydrogens (tertiary/aromatic N) is 1. The highest BCUT2D eigenvalue weighted by molar-refractivity contribution is 5.49. The van der Waals surface area contributed by atoms with E-state index in [1.807, 2.05) is 0 Å². The monoisotopic (exact) mass is 263 g/mol. The lowest BCUT2D eigenvalue weighted by Gasteiger charge is -2.10. The minimum absolute atomic E-state index is 0.0177. The predicted octanol–water partition coefficient (Wildman–Crippen LogP) is -0.339. The van der Waals surface area contributed by atoms with Crippen molar-refractivity contribution in [2.45, 2.75) is 6.54 Å². The van der Waals surface area contributed by atoms with Crippen LogP contribution < -0.4 is 27.0 Å². The predicted molar refractivity (Wildman–Crippen MR) is 70.2 cm³/mol. The highest BCUT2D eigenvalue weighted by Crippen LogP contribution is 2.21. The van der Waals surface area contributed by atoms with Gasteiger partial charge >= 0.3 is 5.69 Å². The fourth-order valence-corrected chi connectivity index (χ4v) is 1.58. The third kappa shape index (κ3) is 2.92. The van der Waals surface area contributed by atoms with Gasteiger partial charge in [-0.1, -0.05) is 0 Å². The molecule has 0 saturated carbocycles. The SMILES string of the molecule is COc1ccc(N)cc1CNc1n[nH]c(=O)[nH]c1=O. The first-order valence-corrected chi connectivity index (χ1v) is 5.45. The zero-order valence-corrected chi connectivity index (χ0v) is 10.2. The summed E-state index contributed by atoms with van der Waals surface area (Å²) in [5.74, 6) is 0.659. The minimum atomic E-state index is -0.655. The van der Waals surface area contributed by atoms with Crippen LogP contribution in [0.1, 0.15) is 5.56 Å². The zero-order chi connectivity index (χ0) is 13.8. The normalized spacial score (nSPS) is 10.2. The Labute approximate surface area is 107 Å². The van der Waals surface area contributed by atoms with Crippen LogP contribution in [0.5, 0.6) is 5.75 Å². The van der Waals surface area contributed by atoms with E-state index in [4.69, 9.17) is 10.5 Å². The van der Waals surface area contributed by atoms with Crippen LogP contribution in [0.3, 0.4) is 0 Å². The van der Waals surface area contributed by atoms with Crippen molar-refractivity contribution in [3.63, 3.8) is 0 Å². The molecule has 0 fully saturated rings. The average Bonchev–Trinajstić information content (AvgIpc) is 2.38. The quantitative estimate of drug-likeness (QED) is 0.559. The maximum atomic E-state index is 11.4. The molecule has 0 spiro atoms. The largest absolute Gasteiger partial charge is 0.496 e. The van der Waals surface area contributed by atoms with Crippen molar-refractivity contribution in [3.05, 3.63) is 44.6 Å². The summed E-state index contributed by atoms with van der Waals surface area (Å²) in [5.41, 5.74) is 5.80. The number of methoxy groups -OCH3 is 1. The molecule has 100 valence electrons. The van der Waals surface area contributed by atoms with E-state index in [0.717, 1.165) is 5.56 Å². The van der Waals surface area contributed by atoms with Crippen LogP contribution in [0.2, 0.25) is 0 Å². The molecule has 2 rings (SSSR count). The summed E-state index contributed by atoms with van der Waals surface area (Å²) in [6.07, 6.45) is 0. The molecular weight excluding hydrogens is 250 g/mol. The number of hydrogen-bond acceptors (Lipinski definition) is 6. The van der Waals surface area contributed by atoms with E-state index in [1.54, 1.807) is 25.3 Å². The molecule has 0 aliphatic carbocycles. The molecule has 0 saturated heterocycles. The van der Waals surface area contributed by atoms with E-state index in [9.17, 15) is 9.59 Å². The molecule has 0 radical (unpaired) electrons. The fourth-order valence-electron chi connectivity index (χ4n) is 1.58. The Bertz CT molecular complexity index is 691. The second-order valence-electron chi connectivity index (χ2n) is 3.78. The van der Waals surface area contributed by atoms with Crippen molar-refractivity contribution in [2.24, 2.45) is 0 Å². The third-order valence-corrected chi connectivity index (χ3v) is 2.46. The maximum Gasteiger partial charge on any atom is 0.342 e. The molecule has 2 aromatic rings. The topological polar surface area (TPSA) is 126 Å². The Morgan fingerprint density at radius 1 is 1.42 bits per heavy atom. The van der Waals surface area contributed by atoms with Crippen molar-refractivity contribution >= 4 is 11.5 Å². The van der Waals surface area contributed by atoms with Gasteiger partial charge in [0.2, 0.25) is 5.82 Å². The molecule has 1 aromatic heterocycles. The summed E-state index contributed by atoms with van der Waals surface area (Å²) in [7, 11) is 1.54. The molecule has 5 N–H and O–H groups in total. The van der Waals surface area contributed by atoms with Crippen LogP contribution in [0.15, 0.2) is 27.8 Å². The Morgan fingerprint density at radius 3 is 2.89 bits per heavy atom. The first kappa shape index (κ1) is 12.7. The van der Waals surface area contributed by atoms with Gasteiger partial charge in [0.05, 0.1) is 7.11 Å². The molecule has 1 heterocycles. The van der Waals surface area contributed by atoms with Gasteiger partial charge < -0.3 is 15.8 Å². The number of hydrogen-bond donors (Lipinski definition) is 4. The number of aromatic nitrogens is 3. The summed E-state index contributed by atoms with van der Waals surface area (Å²) in [6.45, 7) is 0.288. The molecule has 0 aliphatic rings. The van der Waals surface area contributed by atoms with Crippen molar-refractivity contribution in [2.75, 3.05) is 18.2 Å². The first-order valence-electron chi connectivity index (χ1n) is 5.45. The Balaban J connectivity index is 2.20. The van der Waals surface area contributed by atoms with Crippen LogP contribution in [0, 0.1) is 0 Å². The van der Waals surface area contributed by atoms with Crippen LogP contribution in [0.25, 0.3) is 0 Å². The average molecular weight is 263 g/mol. The van der Waals surface area contributed by atoms with E-state index >= 15 is 0 Å². The number of nitrogens with two attached hydrogens (primary N) is 1. The summed E-state index contributed by atoms with van der Waals surface area (Å²) < 4.78 is 5.18. The molecule has 0 atom stereocenters. The van der Waals surface area contributed by atoms with Gasteiger partial charge in [0.1, 0.15) is 5.75 Å². The lowest BCUT2D eigenvalue weighted by Crippen LogP contribution is -2.26. The molecular formula is C11H13N5O3.